The molecule has 7 heteroatoms. The highest BCUT2D eigenvalue weighted by Gasteiger charge is 2.19. The monoisotopic (exact) mass is 314 g/mol. The highest BCUT2D eigenvalue weighted by Crippen LogP contribution is 2.28. The van der Waals surface area contributed by atoms with Crippen LogP contribution in [0.2, 0.25) is 0 Å². The minimum atomic E-state index is -0.189. The number of nitrogens with zero attached hydrogens (tertiary/aromatic N) is 5. The topological polar surface area (TPSA) is 85.6 Å². The number of hydrogen-bond acceptors (Lipinski definition) is 5. The molecule has 1 aliphatic rings. The minimum Gasteiger partial charge on any atom is -0.345 e. The molecule has 0 radical (unpaired) electrons. The zero-order valence-electron chi connectivity index (χ0n) is 13.4. The first-order valence-corrected chi connectivity index (χ1v) is 8.25. The van der Waals surface area contributed by atoms with E-state index in [0.29, 0.717) is 18.2 Å². The van der Waals surface area contributed by atoms with Gasteiger partial charge >= 0.3 is 0 Å². The predicted octanol–water partition coefficient (Wildman–Crippen LogP) is 2.07. The van der Waals surface area contributed by atoms with Gasteiger partial charge in [0, 0.05) is 24.9 Å². The first-order valence-electron chi connectivity index (χ1n) is 8.25. The predicted molar refractivity (Wildman–Crippen MR) is 84.7 cm³/mol. The number of rotatable bonds is 5. The van der Waals surface area contributed by atoms with Gasteiger partial charge in [-0.3, -0.25) is 4.79 Å². The lowest BCUT2D eigenvalue weighted by molar-refractivity contribution is 0.0948. The molecule has 1 saturated carbocycles. The Bertz CT molecular complexity index is 645. The van der Waals surface area contributed by atoms with Crippen LogP contribution >= 0.6 is 0 Å². The van der Waals surface area contributed by atoms with Crippen molar-refractivity contribution in [3.8, 4) is 0 Å². The molecule has 7 nitrogen and oxygen atoms in total. The Morgan fingerprint density at radius 1 is 1.26 bits per heavy atom. The van der Waals surface area contributed by atoms with Gasteiger partial charge in [-0.2, -0.15) is 0 Å². The van der Waals surface area contributed by atoms with Crippen LogP contribution in [-0.2, 0) is 13.0 Å². The molecule has 2 aromatic rings. The smallest absolute Gasteiger partial charge is 0.254 e. The number of aromatic nitrogens is 5. The Morgan fingerprint density at radius 2 is 2.00 bits per heavy atom. The van der Waals surface area contributed by atoms with Gasteiger partial charge in [0.2, 0.25) is 0 Å². The number of nitrogens with one attached hydrogen (secondary N) is 1. The van der Waals surface area contributed by atoms with Gasteiger partial charge in [-0.1, -0.05) is 26.2 Å². The lowest BCUT2D eigenvalue weighted by atomic mass is 9.95. The highest BCUT2D eigenvalue weighted by molar-refractivity contribution is 5.93. The van der Waals surface area contributed by atoms with Crippen LogP contribution in [-0.4, -0.2) is 30.6 Å². The van der Waals surface area contributed by atoms with Crippen molar-refractivity contribution < 1.29 is 4.79 Å². The van der Waals surface area contributed by atoms with E-state index < -0.39 is 0 Å². The molecule has 0 unspecified atom stereocenters. The fourth-order valence-corrected chi connectivity index (χ4v) is 2.97. The third kappa shape index (κ3) is 3.72. The summed E-state index contributed by atoms with van der Waals surface area (Å²) in [7, 11) is 0. The summed E-state index contributed by atoms with van der Waals surface area (Å²) in [6, 6.07) is 0.456. The summed E-state index contributed by atoms with van der Waals surface area (Å²) in [6.45, 7) is 2.35. The van der Waals surface area contributed by atoms with E-state index in [1.54, 1.807) is 18.7 Å². The molecule has 2 aromatic heterocycles. The van der Waals surface area contributed by atoms with Crippen molar-refractivity contribution >= 4 is 5.91 Å². The second-order valence-electron chi connectivity index (χ2n) is 5.87. The summed E-state index contributed by atoms with van der Waals surface area (Å²) in [5, 5.41) is 11.0. The lowest BCUT2D eigenvalue weighted by Gasteiger charge is -2.24. The van der Waals surface area contributed by atoms with Crippen molar-refractivity contribution in [2.75, 3.05) is 0 Å². The molecular weight excluding hydrogens is 292 g/mol. The van der Waals surface area contributed by atoms with Gasteiger partial charge in [0.15, 0.2) is 5.82 Å². The number of aryl methyl sites for hydroxylation is 1. The van der Waals surface area contributed by atoms with Gasteiger partial charge in [-0.05, 0) is 12.8 Å². The average Bonchev–Trinajstić information content (AvgIpc) is 3.09. The third-order valence-corrected chi connectivity index (χ3v) is 4.31. The number of carbonyl (C=O) groups excluding carboxylic acids is 1. The standard InChI is InChI=1S/C16H22N6O/c1-2-14-17-8-12(9-18-14)16(23)19-10-15-21-20-11-22(15)13-6-4-3-5-7-13/h8-9,11,13H,2-7,10H2,1H3,(H,19,23). The van der Waals surface area contributed by atoms with Gasteiger partial charge in [0.25, 0.3) is 5.91 Å². The van der Waals surface area contributed by atoms with Crippen molar-refractivity contribution in [2.24, 2.45) is 0 Å². The molecule has 1 amide bonds. The molecule has 0 atom stereocenters. The molecule has 3 rings (SSSR count). The first kappa shape index (κ1) is 15.6. The number of amides is 1. The van der Waals surface area contributed by atoms with Crippen LogP contribution in [0.3, 0.4) is 0 Å². The van der Waals surface area contributed by atoms with E-state index in [9.17, 15) is 4.79 Å². The van der Waals surface area contributed by atoms with Gasteiger partial charge in [0.1, 0.15) is 12.2 Å². The Balaban J connectivity index is 1.61. The van der Waals surface area contributed by atoms with Gasteiger partial charge in [-0.25, -0.2) is 9.97 Å². The van der Waals surface area contributed by atoms with E-state index >= 15 is 0 Å². The molecule has 1 aliphatic carbocycles. The molecule has 0 saturated heterocycles. The van der Waals surface area contributed by atoms with Crippen molar-refractivity contribution in [3.63, 3.8) is 0 Å². The van der Waals surface area contributed by atoms with Crippen LogP contribution in [0, 0.1) is 0 Å². The van der Waals surface area contributed by atoms with Gasteiger partial charge in [0.05, 0.1) is 12.1 Å². The third-order valence-electron chi connectivity index (χ3n) is 4.31. The van der Waals surface area contributed by atoms with E-state index in [4.69, 9.17) is 0 Å². The molecule has 0 spiro atoms. The van der Waals surface area contributed by atoms with Crippen LogP contribution in [0.5, 0.6) is 0 Å². The van der Waals surface area contributed by atoms with E-state index in [1.807, 2.05) is 6.92 Å². The zero-order chi connectivity index (χ0) is 16.1. The fraction of sp³-hybridized carbons (Fsp3) is 0.562. The van der Waals surface area contributed by atoms with E-state index in [0.717, 1.165) is 30.9 Å². The van der Waals surface area contributed by atoms with Crippen LogP contribution < -0.4 is 5.32 Å². The van der Waals surface area contributed by atoms with Crippen LogP contribution in [0.25, 0.3) is 0 Å². The Kier molecular flexibility index (Phi) is 4.95. The molecular formula is C16H22N6O. The Hall–Kier alpha value is -2.31. The van der Waals surface area contributed by atoms with Crippen LogP contribution in [0.15, 0.2) is 18.7 Å². The summed E-state index contributed by atoms with van der Waals surface area (Å²) < 4.78 is 2.11. The molecule has 0 aromatic carbocycles. The highest BCUT2D eigenvalue weighted by atomic mass is 16.1. The molecule has 1 N–H and O–H groups in total. The van der Waals surface area contributed by atoms with E-state index in [2.05, 4.69) is 30.0 Å². The van der Waals surface area contributed by atoms with E-state index in [1.165, 1.54) is 19.3 Å². The summed E-state index contributed by atoms with van der Waals surface area (Å²) >= 11 is 0. The first-order chi connectivity index (χ1) is 11.3. The summed E-state index contributed by atoms with van der Waals surface area (Å²) in [5.41, 5.74) is 0.464. The van der Waals surface area contributed by atoms with Gasteiger partial charge < -0.3 is 9.88 Å². The maximum absolute atomic E-state index is 12.2. The SMILES string of the molecule is CCc1ncc(C(=O)NCc2nncn2C2CCCCC2)cn1. The van der Waals surface area contributed by atoms with E-state index in [-0.39, 0.29) is 5.91 Å². The quantitative estimate of drug-likeness (QED) is 0.913. The molecule has 0 aliphatic heterocycles. The maximum atomic E-state index is 12.2. The van der Waals surface area contributed by atoms with Crippen LogP contribution in [0.1, 0.15) is 67.1 Å². The van der Waals surface area contributed by atoms with Crippen molar-refractivity contribution in [2.45, 2.75) is 58.0 Å². The van der Waals surface area contributed by atoms with Crippen molar-refractivity contribution in [3.05, 3.63) is 35.9 Å². The molecule has 23 heavy (non-hydrogen) atoms. The zero-order valence-corrected chi connectivity index (χ0v) is 13.4. The summed E-state index contributed by atoms with van der Waals surface area (Å²) in [5.74, 6) is 1.35. The average molecular weight is 314 g/mol. The number of carbonyl (C=O) groups is 1. The molecule has 2 heterocycles. The number of hydrogen-bond donors (Lipinski definition) is 1. The normalized spacial score (nSPS) is 15.5. The van der Waals surface area contributed by atoms with Crippen molar-refractivity contribution in [1.29, 1.82) is 0 Å². The van der Waals surface area contributed by atoms with Gasteiger partial charge in [-0.15, -0.1) is 10.2 Å². The maximum Gasteiger partial charge on any atom is 0.254 e. The fourth-order valence-electron chi connectivity index (χ4n) is 2.97. The Labute approximate surface area is 135 Å². The molecule has 122 valence electrons. The summed E-state index contributed by atoms with van der Waals surface area (Å²) in [4.78, 5) is 20.5. The lowest BCUT2D eigenvalue weighted by Crippen LogP contribution is -2.26. The molecule has 1 fully saturated rings. The second-order valence-corrected chi connectivity index (χ2v) is 5.87. The minimum absolute atomic E-state index is 0.189. The largest absolute Gasteiger partial charge is 0.345 e. The summed E-state index contributed by atoms with van der Waals surface area (Å²) in [6.07, 6.45) is 11.8. The second kappa shape index (κ2) is 7.30. The molecule has 0 bridgehead atoms. The van der Waals surface area contributed by atoms with Crippen molar-refractivity contribution in [1.82, 2.24) is 30.0 Å². The van der Waals surface area contributed by atoms with Crippen LogP contribution in [0.4, 0.5) is 0 Å². The Morgan fingerprint density at radius 3 is 2.70 bits per heavy atom.